The molecule has 0 aliphatic carbocycles. The van der Waals surface area contributed by atoms with E-state index in [4.69, 9.17) is 5.26 Å². The van der Waals surface area contributed by atoms with Crippen LogP contribution in [0.4, 0.5) is 17.7 Å². The molecular formula is C17H22N8. The smallest absolute Gasteiger partial charge is 0.226 e. The summed E-state index contributed by atoms with van der Waals surface area (Å²) >= 11 is 0. The zero-order valence-corrected chi connectivity index (χ0v) is 14.8. The van der Waals surface area contributed by atoms with Gasteiger partial charge >= 0.3 is 0 Å². The molecule has 1 unspecified atom stereocenters. The molecule has 1 aliphatic rings. The van der Waals surface area contributed by atoms with Gasteiger partial charge in [0.1, 0.15) is 17.6 Å². The van der Waals surface area contributed by atoms with Crippen molar-refractivity contribution in [3.63, 3.8) is 0 Å². The molecular weight excluding hydrogens is 316 g/mol. The lowest BCUT2D eigenvalue weighted by Crippen LogP contribution is -2.47. The number of piperidine rings is 1. The fourth-order valence-electron chi connectivity index (χ4n) is 2.95. The van der Waals surface area contributed by atoms with Crippen molar-refractivity contribution in [3.8, 4) is 6.07 Å². The van der Waals surface area contributed by atoms with E-state index in [0.717, 1.165) is 31.7 Å². The lowest BCUT2D eigenvalue weighted by Gasteiger charge is -2.38. The first kappa shape index (κ1) is 16.9. The fraction of sp³-hybridized carbons (Fsp3) is 0.471. The van der Waals surface area contributed by atoms with Crippen molar-refractivity contribution in [3.05, 3.63) is 30.2 Å². The van der Waals surface area contributed by atoms with E-state index in [-0.39, 0.29) is 0 Å². The van der Waals surface area contributed by atoms with Gasteiger partial charge < -0.3 is 14.7 Å². The van der Waals surface area contributed by atoms with Crippen LogP contribution in [0.1, 0.15) is 18.5 Å². The highest BCUT2D eigenvalue weighted by molar-refractivity contribution is 5.45. The zero-order valence-electron chi connectivity index (χ0n) is 14.8. The molecule has 130 valence electrons. The largest absolute Gasteiger partial charge is 0.355 e. The molecule has 2 aromatic rings. The lowest BCUT2D eigenvalue weighted by atomic mass is 10.0. The molecule has 2 aromatic heterocycles. The Labute approximate surface area is 147 Å². The third-order valence-electron chi connectivity index (χ3n) is 4.37. The van der Waals surface area contributed by atoms with Crippen LogP contribution in [0.15, 0.2) is 24.5 Å². The molecule has 3 rings (SSSR count). The maximum Gasteiger partial charge on any atom is 0.226 e. The molecule has 0 spiro atoms. The molecule has 0 bridgehead atoms. The molecule has 0 amide bonds. The average Bonchev–Trinajstić information content (AvgIpc) is 2.67. The second-order valence-corrected chi connectivity index (χ2v) is 6.32. The quantitative estimate of drug-likeness (QED) is 0.825. The topological polar surface area (TPSA) is 85.1 Å². The number of hydrogen-bond acceptors (Lipinski definition) is 8. The molecule has 8 nitrogen and oxygen atoms in total. The van der Waals surface area contributed by atoms with Gasteiger partial charge in [-0.15, -0.1) is 0 Å². The van der Waals surface area contributed by atoms with Crippen molar-refractivity contribution in [1.29, 1.82) is 5.26 Å². The van der Waals surface area contributed by atoms with E-state index >= 15 is 0 Å². The summed E-state index contributed by atoms with van der Waals surface area (Å²) in [7, 11) is 5.92. The van der Waals surface area contributed by atoms with Crippen molar-refractivity contribution in [1.82, 2.24) is 19.9 Å². The van der Waals surface area contributed by atoms with Gasteiger partial charge in [0.05, 0.1) is 0 Å². The van der Waals surface area contributed by atoms with Gasteiger partial charge in [-0.05, 0) is 25.0 Å². The summed E-state index contributed by atoms with van der Waals surface area (Å²) in [6, 6.07) is 5.93. The van der Waals surface area contributed by atoms with E-state index in [9.17, 15) is 0 Å². The van der Waals surface area contributed by atoms with Gasteiger partial charge in [0, 0.05) is 52.7 Å². The molecule has 8 heteroatoms. The Hall–Kier alpha value is -2.95. The second kappa shape index (κ2) is 7.30. The summed E-state index contributed by atoms with van der Waals surface area (Å²) in [5.74, 6) is 2.22. The summed E-state index contributed by atoms with van der Waals surface area (Å²) in [5.41, 5.74) is 0.395. The van der Waals surface area contributed by atoms with Crippen molar-refractivity contribution >= 4 is 17.7 Å². The Kier molecular flexibility index (Phi) is 4.93. The van der Waals surface area contributed by atoms with Crippen LogP contribution in [0.5, 0.6) is 0 Å². The lowest BCUT2D eigenvalue weighted by molar-refractivity contribution is 0.480. The highest BCUT2D eigenvalue weighted by Crippen LogP contribution is 2.23. The van der Waals surface area contributed by atoms with Gasteiger partial charge in [-0.2, -0.15) is 10.2 Å². The van der Waals surface area contributed by atoms with Crippen LogP contribution in [0, 0.1) is 11.3 Å². The molecule has 25 heavy (non-hydrogen) atoms. The molecule has 0 N–H and O–H groups in total. The summed E-state index contributed by atoms with van der Waals surface area (Å²) in [6.07, 6.45) is 5.54. The Morgan fingerprint density at radius 2 is 1.96 bits per heavy atom. The maximum absolute atomic E-state index is 9.03. The predicted molar refractivity (Wildman–Crippen MR) is 96.7 cm³/mol. The van der Waals surface area contributed by atoms with Crippen LogP contribution >= 0.6 is 0 Å². The summed E-state index contributed by atoms with van der Waals surface area (Å²) in [4.78, 5) is 23.8. The monoisotopic (exact) mass is 338 g/mol. The Morgan fingerprint density at radius 1 is 1.16 bits per heavy atom. The normalized spacial score (nSPS) is 17.0. The van der Waals surface area contributed by atoms with Crippen LogP contribution < -0.4 is 14.7 Å². The van der Waals surface area contributed by atoms with Crippen LogP contribution in [-0.2, 0) is 0 Å². The molecule has 1 aliphatic heterocycles. The predicted octanol–water partition coefficient (Wildman–Crippen LogP) is 1.31. The molecule has 1 fully saturated rings. The summed E-state index contributed by atoms with van der Waals surface area (Å²) < 4.78 is 0. The van der Waals surface area contributed by atoms with Crippen LogP contribution in [0.2, 0.25) is 0 Å². The van der Waals surface area contributed by atoms with E-state index in [2.05, 4.69) is 42.9 Å². The number of rotatable bonds is 4. The van der Waals surface area contributed by atoms with Crippen molar-refractivity contribution < 1.29 is 0 Å². The Bertz CT molecular complexity index is 769. The number of nitrogens with zero attached hydrogens (tertiary/aromatic N) is 8. The van der Waals surface area contributed by atoms with Gasteiger partial charge in [0.15, 0.2) is 0 Å². The average molecular weight is 338 g/mol. The minimum atomic E-state index is 0.299. The zero-order chi connectivity index (χ0) is 17.8. The van der Waals surface area contributed by atoms with Gasteiger partial charge in [-0.25, -0.2) is 15.0 Å². The Morgan fingerprint density at radius 3 is 2.72 bits per heavy atom. The minimum absolute atomic E-state index is 0.299. The molecule has 0 radical (unpaired) electrons. The van der Waals surface area contributed by atoms with Gasteiger partial charge in [0.2, 0.25) is 11.9 Å². The van der Waals surface area contributed by atoms with Crippen LogP contribution in [0.25, 0.3) is 0 Å². The van der Waals surface area contributed by atoms with Crippen LogP contribution in [-0.4, -0.2) is 60.2 Å². The highest BCUT2D eigenvalue weighted by atomic mass is 15.3. The Balaban J connectivity index is 1.76. The van der Waals surface area contributed by atoms with E-state index in [1.165, 1.54) is 0 Å². The first-order valence-corrected chi connectivity index (χ1v) is 8.30. The van der Waals surface area contributed by atoms with E-state index in [1.807, 2.05) is 25.1 Å². The van der Waals surface area contributed by atoms with Crippen molar-refractivity contribution in [2.75, 3.05) is 48.9 Å². The van der Waals surface area contributed by atoms with Crippen molar-refractivity contribution in [2.45, 2.75) is 18.9 Å². The first-order valence-electron chi connectivity index (χ1n) is 8.30. The molecule has 0 saturated carbocycles. The molecule has 1 saturated heterocycles. The minimum Gasteiger partial charge on any atom is -0.355 e. The van der Waals surface area contributed by atoms with E-state index in [0.29, 0.717) is 23.6 Å². The third-order valence-corrected chi connectivity index (χ3v) is 4.37. The first-order chi connectivity index (χ1) is 12.1. The molecule has 1 atom stereocenters. The summed E-state index contributed by atoms with van der Waals surface area (Å²) in [6.45, 7) is 1.69. The SMILES string of the molecule is CN(C)c1nccc(N(C)C2CCCN(c3nccc(C#N)n3)C2)n1. The van der Waals surface area contributed by atoms with Crippen LogP contribution in [0.3, 0.4) is 0 Å². The van der Waals surface area contributed by atoms with Gasteiger partial charge in [-0.3, -0.25) is 0 Å². The number of hydrogen-bond donors (Lipinski definition) is 0. The summed E-state index contributed by atoms with van der Waals surface area (Å²) in [5, 5.41) is 9.03. The number of anilines is 3. The molecule has 3 heterocycles. The van der Waals surface area contributed by atoms with E-state index in [1.54, 1.807) is 18.5 Å². The molecule has 0 aromatic carbocycles. The van der Waals surface area contributed by atoms with Crippen molar-refractivity contribution in [2.24, 2.45) is 0 Å². The fourth-order valence-corrected chi connectivity index (χ4v) is 2.95. The standard InChI is InChI=1S/C17H22N8/c1-23(2)16-19-9-7-15(22-16)24(3)14-5-4-10-25(12-14)17-20-8-6-13(11-18)21-17/h6-9,14H,4-5,10,12H2,1-3H3. The number of aromatic nitrogens is 4. The van der Waals surface area contributed by atoms with Gasteiger partial charge in [0.25, 0.3) is 0 Å². The highest BCUT2D eigenvalue weighted by Gasteiger charge is 2.26. The number of nitriles is 1. The maximum atomic E-state index is 9.03. The van der Waals surface area contributed by atoms with Gasteiger partial charge in [-0.1, -0.05) is 0 Å². The third kappa shape index (κ3) is 3.76. The number of likely N-dealkylation sites (N-methyl/N-ethyl adjacent to an activating group) is 1. The van der Waals surface area contributed by atoms with E-state index < -0.39 is 0 Å². The second-order valence-electron chi connectivity index (χ2n) is 6.32.